The van der Waals surface area contributed by atoms with Crippen molar-refractivity contribution in [2.45, 2.75) is 0 Å². The van der Waals surface area contributed by atoms with Crippen molar-refractivity contribution >= 4 is 17.3 Å². The number of carbonyl (C=O) groups is 1. The van der Waals surface area contributed by atoms with E-state index in [1.807, 2.05) is 0 Å². The van der Waals surface area contributed by atoms with Crippen molar-refractivity contribution in [3.05, 3.63) is 24.0 Å². The Morgan fingerprint density at radius 3 is 2.77 bits per heavy atom. The molecule has 0 radical (unpaired) electrons. The summed E-state index contributed by atoms with van der Waals surface area (Å²) in [4.78, 5) is 10.2. The van der Waals surface area contributed by atoms with Gasteiger partial charge in [0.15, 0.2) is 0 Å². The third-order valence-electron chi connectivity index (χ3n) is 1.36. The highest BCUT2D eigenvalue weighted by Gasteiger charge is 1.99. The van der Waals surface area contributed by atoms with Crippen molar-refractivity contribution in [3.8, 4) is 0 Å². The summed E-state index contributed by atoms with van der Waals surface area (Å²) in [6, 6.07) is 3.80. The second kappa shape index (κ2) is 3.75. The lowest BCUT2D eigenvalue weighted by molar-refractivity contribution is -0.134. The fourth-order valence-electron chi connectivity index (χ4n) is 0.892. The van der Waals surface area contributed by atoms with Crippen LogP contribution in [-0.2, 0) is 4.79 Å². The molecule has 0 spiro atoms. The molecule has 4 nitrogen and oxygen atoms in total. The highest BCUT2D eigenvalue weighted by molar-refractivity contribution is 5.73. The zero-order chi connectivity index (χ0) is 9.84. The van der Waals surface area contributed by atoms with Crippen LogP contribution in [0.3, 0.4) is 0 Å². The van der Waals surface area contributed by atoms with Crippen LogP contribution in [0.5, 0.6) is 0 Å². The van der Waals surface area contributed by atoms with E-state index in [0.29, 0.717) is 5.69 Å². The number of aliphatic carboxylic acids is 1. The molecule has 1 aromatic carbocycles. The molecular weight excluding hydrogens is 175 g/mol. The average molecular weight is 184 g/mol. The molecule has 1 aromatic rings. The Labute approximate surface area is 74.2 Å². The maximum absolute atomic E-state index is 12.7. The quantitative estimate of drug-likeness (QED) is 0.610. The van der Waals surface area contributed by atoms with Crippen molar-refractivity contribution in [2.75, 3.05) is 17.6 Å². The van der Waals surface area contributed by atoms with Gasteiger partial charge in [-0.15, -0.1) is 0 Å². The number of rotatable bonds is 3. The third kappa shape index (κ3) is 2.98. The number of carboxylic acids is 1. The van der Waals surface area contributed by atoms with Gasteiger partial charge in [0, 0.05) is 11.4 Å². The largest absolute Gasteiger partial charge is 0.480 e. The highest BCUT2D eigenvalue weighted by atomic mass is 19.1. The zero-order valence-corrected chi connectivity index (χ0v) is 6.75. The van der Waals surface area contributed by atoms with Crippen molar-refractivity contribution < 1.29 is 14.3 Å². The first-order valence-electron chi connectivity index (χ1n) is 3.59. The van der Waals surface area contributed by atoms with Crippen molar-refractivity contribution in [3.63, 3.8) is 0 Å². The van der Waals surface area contributed by atoms with E-state index >= 15 is 0 Å². The van der Waals surface area contributed by atoms with Crippen LogP contribution in [0.4, 0.5) is 15.8 Å². The second-order valence-electron chi connectivity index (χ2n) is 2.52. The molecule has 0 aliphatic heterocycles. The van der Waals surface area contributed by atoms with Crippen LogP contribution in [0.2, 0.25) is 0 Å². The van der Waals surface area contributed by atoms with Gasteiger partial charge in [-0.05, 0) is 18.2 Å². The summed E-state index contributed by atoms with van der Waals surface area (Å²) in [5.74, 6) is -1.50. The number of anilines is 2. The van der Waals surface area contributed by atoms with E-state index in [1.54, 1.807) is 0 Å². The standard InChI is InChI=1S/C8H9FN2O2/c9-5-1-6(10)3-7(2-5)11-4-8(12)13/h1-3,11H,4,10H2,(H,12,13). The van der Waals surface area contributed by atoms with E-state index in [9.17, 15) is 9.18 Å². The smallest absolute Gasteiger partial charge is 0.322 e. The molecule has 5 heteroatoms. The maximum Gasteiger partial charge on any atom is 0.322 e. The van der Waals surface area contributed by atoms with Gasteiger partial charge in [0.05, 0.1) is 0 Å². The molecule has 0 bridgehead atoms. The summed E-state index contributed by atoms with van der Waals surface area (Å²) in [6.45, 7) is -0.261. The zero-order valence-electron chi connectivity index (χ0n) is 6.75. The highest BCUT2D eigenvalue weighted by Crippen LogP contribution is 2.14. The SMILES string of the molecule is Nc1cc(F)cc(NCC(=O)O)c1. The molecule has 0 aromatic heterocycles. The van der Waals surface area contributed by atoms with Gasteiger partial charge in [-0.25, -0.2) is 4.39 Å². The molecule has 0 atom stereocenters. The first kappa shape index (κ1) is 9.31. The molecule has 0 amide bonds. The van der Waals surface area contributed by atoms with Gasteiger partial charge in [-0.2, -0.15) is 0 Å². The van der Waals surface area contributed by atoms with Gasteiger partial charge in [0.2, 0.25) is 0 Å². The Morgan fingerprint density at radius 1 is 1.54 bits per heavy atom. The molecule has 0 aliphatic carbocycles. The predicted octanol–water partition coefficient (Wildman–Crippen LogP) is 0.904. The molecule has 0 aliphatic rings. The summed E-state index contributed by atoms with van der Waals surface area (Å²) in [5.41, 5.74) is 5.96. The first-order valence-corrected chi connectivity index (χ1v) is 3.59. The number of benzene rings is 1. The molecule has 0 unspecified atom stereocenters. The lowest BCUT2D eigenvalue weighted by Gasteiger charge is -2.04. The van der Waals surface area contributed by atoms with Crippen LogP contribution in [0.25, 0.3) is 0 Å². The minimum atomic E-state index is -1.01. The van der Waals surface area contributed by atoms with E-state index in [2.05, 4.69) is 5.32 Å². The summed E-state index contributed by atoms with van der Waals surface area (Å²) >= 11 is 0. The molecule has 0 heterocycles. The molecule has 13 heavy (non-hydrogen) atoms. The third-order valence-corrected chi connectivity index (χ3v) is 1.36. The Kier molecular flexibility index (Phi) is 2.69. The van der Waals surface area contributed by atoms with Crippen LogP contribution in [0, 0.1) is 5.82 Å². The number of hydrogen-bond acceptors (Lipinski definition) is 3. The normalized spacial score (nSPS) is 9.62. The maximum atomic E-state index is 12.7. The number of halogens is 1. The summed E-state index contributed by atoms with van der Waals surface area (Å²) in [5, 5.41) is 10.8. The summed E-state index contributed by atoms with van der Waals surface area (Å²) < 4.78 is 12.7. The first-order chi connectivity index (χ1) is 6.08. The van der Waals surface area contributed by atoms with Crippen LogP contribution in [-0.4, -0.2) is 17.6 Å². The van der Waals surface area contributed by atoms with E-state index in [0.717, 1.165) is 6.07 Å². The molecule has 0 saturated carbocycles. The van der Waals surface area contributed by atoms with Crippen LogP contribution in [0.1, 0.15) is 0 Å². The molecule has 1 rings (SSSR count). The number of nitrogen functional groups attached to an aromatic ring is 1. The van der Waals surface area contributed by atoms with Crippen LogP contribution in [0.15, 0.2) is 18.2 Å². The number of hydrogen-bond donors (Lipinski definition) is 3. The Balaban J connectivity index is 2.71. The lowest BCUT2D eigenvalue weighted by atomic mass is 10.2. The average Bonchev–Trinajstić information content (AvgIpc) is 1.99. The number of carboxylic acid groups (broad SMARTS) is 1. The molecule has 70 valence electrons. The van der Waals surface area contributed by atoms with Crippen molar-refractivity contribution in [2.24, 2.45) is 0 Å². The minimum absolute atomic E-state index is 0.257. The number of nitrogens with two attached hydrogens (primary N) is 1. The Hall–Kier alpha value is -1.78. The van der Waals surface area contributed by atoms with E-state index in [1.165, 1.54) is 12.1 Å². The van der Waals surface area contributed by atoms with Crippen LogP contribution >= 0.6 is 0 Å². The van der Waals surface area contributed by atoms with Crippen molar-refractivity contribution in [1.29, 1.82) is 0 Å². The molecular formula is C8H9FN2O2. The second-order valence-corrected chi connectivity index (χ2v) is 2.52. The minimum Gasteiger partial charge on any atom is -0.480 e. The van der Waals surface area contributed by atoms with Gasteiger partial charge in [-0.3, -0.25) is 4.79 Å². The fraction of sp³-hybridized carbons (Fsp3) is 0.125. The molecule has 0 saturated heterocycles. The fourth-order valence-corrected chi connectivity index (χ4v) is 0.892. The van der Waals surface area contributed by atoms with Gasteiger partial charge in [-0.1, -0.05) is 0 Å². The Bertz CT molecular complexity index is 308. The predicted molar refractivity (Wildman–Crippen MR) is 46.9 cm³/mol. The molecule has 4 N–H and O–H groups in total. The van der Waals surface area contributed by atoms with Gasteiger partial charge < -0.3 is 16.2 Å². The van der Waals surface area contributed by atoms with Crippen LogP contribution < -0.4 is 11.1 Å². The topological polar surface area (TPSA) is 75.3 Å². The Morgan fingerprint density at radius 2 is 2.23 bits per heavy atom. The van der Waals surface area contributed by atoms with E-state index in [-0.39, 0.29) is 12.2 Å². The van der Waals surface area contributed by atoms with Gasteiger partial charge >= 0.3 is 5.97 Å². The number of nitrogens with one attached hydrogen (secondary N) is 1. The lowest BCUT2D eigenvalue weighted by Crippen LogP contribution is -2.12. The van der Waals surface area contributed by atoms with Gasteiger partial charge in [0.1, 0.15) is 12.4 Å². The monoisotopic (exact) mass is 184 g/mol. The summed E-state index contributed by atoms with van der Waals surface area (Å²) in [7, 11) is 0. The van der Waals surface area contributed by atoms with E-state index in [4.69, 9.17) is 10.8 Å². The molecule has 0 fully saturated rings. The summed E-state index contributed by atoms with van der Waals surface area (Å²) in [6.07, 6.45) is 0. The van der Waals surface area contributed by atoms with E-state index < -0.39 is 11.8 Å². The van der Waals surface area contributed by atoms with Gasteiger partial charge in [0.25, 0.3) is 0 Å². The van der Waals surface area contributed by atoms with Crippen molar-refractivity contribution in [1.82, 2.24) is 0 Å².